The van der Waals surface area contributed by atoms with Gasteiger partial charge in [-0.05, 0) is 89.9 Å². The van der Waals surface area contributed by atoms with Crippen LogP contribution in [0.25, 0.3) is 0 Å². The van der Waals surface area contributed by atoms with E-state index in [0.717, 1.165) is 96.3 Å². The van der Waals surface area contributed by atoms with Gasteiger partial charge < -0.3 is 14.2 Å². The maximum Gasteiger partial charge on any atom is 0.306 e. The van der Waals surface area contributed by atoms with Crippen molar-refractivity contribution in [2.45, 2.75) is 219 Å². The van der Waals surface area contributed by atoms with Gasteiger partial charge in [-0.2, -0.15) is 0 Å². The Bertz CT molecular complexity index is 1400. The molecule has 372 valence electrons. The number of carbonyl (C=O) groups is 2. The van der Waals surface area contributed by atoms with E-state index in [-0.39, 0.29) is 31.6 Å². The zero-order chi connectivity index (χ0) is 47.7. The Labute approximate surface area is 407 Å². The van der Waals surface area contributed by atoms with Gasteiger partial charge in [0.05, 0.1) is 13.2 Å². The number of hydrogen-bond donors (Lipinski definition) is 0. The predicted octanol–water partition coefficient (Wildman–Crippen LogP) is 18.3. The first kappa shape index (κ1) is 62.0. The van der Waals surface area contributed by atoms with E-state index in [1.165, 1.54) is 77.0 Å². The molecule has 0 spiro atoms. The largest absolute Gasteiger partial charge is 0.462 e. The molecule has 0 aromatic heterocycles. The Balaban J connectivity index is 4.51. The quantitative estimate of drug-likeness (QED) is 0.0346. The zero-order valence-electron chi connectivity index (χ0n) is 42.7. The second kappa shape index (κ2) is 55.4. The first-order valence-electron chi connectivity index (χ1n) is 26.7. The van der Waals surface area contributed by atoms with Crippen molar-refractivity contribution in [3.8, 4) is 0 Å². The van der Waals surface area contributed by atoms with E-state index in [0.29, 0.717) is 19.4 Å². The summed E-state index contributed by atoms with van der Waals surface area (Å²) in [6.45, 7) is 7.30. The van der Waals surface area contributed by atoms with Gasteiger partial charge in [0.25, 0.3) is 0 Å². The molecular weight excluding hydrogens is 813 g/mol. The topological polar surface area (TPSA) is 61.8 Å². The van der Waals surface area contributed by atoms with E-state index in [9.17, 15) is 9.59 Å². The normalized spacial score (nSPS) is 13.3. The van der Waals surface area contributed by atoms with Crippen LogP contribution in [0.15, 0.2) is 134 Å². The summed E-state index contributed by atoms with van der Waals surface area (Å²) in [5.74, 6) is -0.540. The summed E-state index contributed by atoms with van der Waals surface area (Å²) in [6.07, 6.45) is 79.2. The fraction of sp³-hybridized carbons (Fsp3) is 0.607. The van der Waals surface area contributed by atoms with Gasteiger partial charge in [0.2, 0.25) is 0 Å². The molecule has 0 saturated carbocycles. The molecule has 0 saturated heterocycles. The van der Waals surface area contributed by atoms with Crippen LogP contribution < -0.4 is 0 Å². The van der Waals surface area contributed by atoms with E-state index >= 15 is 0 Å². The minimum absolute atomic E-state index is 0.00878. The van der Waals surface area contributed by atoms with Crippen molar-refractivity contribution in [1.82, 2.24) is 0 Å². The molecule has 0 N–H and O–H groups in total. The Morgan fingerprint density at radius 3 is 1.06 bits per heavy atom. The van der Waals surface area contributed by atoms with Crippen LogP contribution in [0.4, 0.5) is 0 Å². The SMILES string of the molecule is CC/C=C\C/C=C\C/C=C\C/C=C\C/C=C\C/C=C\CCC(=O)OCC(COCC/C=C\C/C=C\C/C=C\C/C=C\C/C=C\CC)OC(=O)CCCCCCCCCCCCCCCCC. The lowest BCUT2D eigenvalue weighted by Gasteiger charge is -2.18. The molecular formula is C61H98O5. The lowest BCUT2D eigenvalue weighted by atomic mass is 10.0. The van der Waals surface area contributed by atoms with Crippen LogP contribution >= 0.6 is 0 Å². The summed E-state index contributed by atoms with van der Waals surface area (Å²) >= 11 is 0. The molecule has 5 heteroatoms. The molecule has 0 fully saturated rings. The molecule has 0 aromatic rings. The van der Waals surface area contributed by atoms with Crippen LogP contribution in [0.5, 0.6) is 0 Å². The molecule has 0 aliphatic rings. The Hall–Kier alpha value is -3.96. The van der Waals surface area contributed by atoms with E-state index in [2.05, 4.69) is 148 Å². The maximum atomic E-state index is 12.8. The van der Waals surface area contributed by atoms with Crippen LogP contribution in [-0.4, -0.2) is 37.9 Å². The van der Waals surface area contributed by atoms with Gasteiger partial charge in [-0.15, -0.1) is 0 Å². The minimum Gasteiger partial charge on any atom is -0.462 e. The standard InChI is InChI=1S/C61H98O5/c1-4-7-10-13-16-19-22-25-28-30-31-32-34-36-39-42-45-48-51-54-60(62)65-58-59(57-64-56-53-50-47-44-41-38-35-29-26-23-20-17-14-11-8-5-2)66-61(63)55-52-49-46-43-40-37-33-27-24-21-18-15-12-9-6-3/h7-8,10-11,16-17,19-20,25-26,28-29,31-32,36,38-39,41,45,47-48,50,59H,4-6,9,12-15,18,21-24,27,30,33-35,37,40,42-44,46,49,51-58H2,1-3H3/b10-7-,11-8-,19-16-,20-17-,28-25-,29-26-,32-31-,39-36-,41-38-,48-45-,50-47-. The van der Waals surface area contributed by atoms with Crippen LogP contribution in [0, 0.1) is 0 Å². The third-order valence-corrected chi connectivity index (χ3v) is 10.7. The summed E-state index contributed by atoms with van der Waals surface area (Å²) < 4.78 is 17.2. The lowest BCUT2D eigenvalue weighted by Crippen LogP contribution is -2.30. The molecule has 0 amide bonds. The van der Waals surface area contributed by atoms with E-state index < -0.39 is 6.10 Å². The fourth-order valence-electron chi connectivity index (χ4n) is 6.84. The summed E-state index contributed by atoms with van der Waals surface area (Å²) in [5.41, 5.74) is 0. The smallest absolute Gasteiger partial charge is 0.306 e. The van der Waals surface area contributed by atoms with E-state index in [1.54, 1.807) is 0 Å². The molecule has 0 bridgehead atoms. The first-order valence-corrected chi connectivity index (χ1v) is 26.7. The molecule has 0 aliphatic carbocycles. The molecule has 1 atom stereocenters. The summed E-state index contributed by atoms with van der Waals surface area (Å²) in [4.78, 5) is 25.4. The van der Waals surface area contributed by atoms with Gasteiger partial charge in [0, 0.05) is 12.8 Å². The van der Waals surface area contributed by atoms with Crippen LogP contribution in [0.2, 0.25) is 0 Å². The van der Waals surface area contributed by atoms with Gasteiger partial charge in [-0.3, -0.25) is 9.59 Å². The third-order valence-electron chi connectivity index (χ3n) is 10.7. The number of esters is 2. The van der Waals surface area contributed by atoms with Gasteiger partial charge in [-0.1, -0.05) is 244 Å². The number of carbonyl (C=O) groups excluding carboxylic acids is 2. The van der Waals surface area contributed by atoms with Crippen molar-refractivity contribution >= 4 is 11.9 Å². The Morgan fingerprint density at radius 2 is 0.682 bits per heavy atom. The van der Waals surface area contributed by atoms with Gasteiger partial charge in [-0.25, -0.2) is 0 Å². The molecule has 0 radical (unpaired) electrons. The van der Waals surface area contributed by atoms with E-state index in [4.69, 9.17) is 14.2 Å². The predicted molar refractivity (Wildman–Crippen MR) is 288 cm³/mol. The van der Waals surface area contributed by atoms with Crippen molar-refractivity contribution < 1.29 is 23.8 Å². The summed E-state index contributed by atoms with van der Waals surface area (Å²) in [5, 5.41) is 0. The molecule has 0 rings (SSSR count). The summed E-state index contributed by atoms with van der Waals surface area (Å²) in [7, 11) is 0. The van der Waals surface area contributed by atoms with E-state index in [1.807, 2.05) is 6.08 Å². The third kappa shape index (κ3) is 52.7. The number of allylic oxidation sites excluding steroid dienone is 21. The average molecular weight is 911 g/mol. The highest BCUT2D eigenvalue weighted by atomic mass is 16.6. The van der Waals surface area contributed by atoms with Crippen molar-refractivity contribution in [2.75, 3.05) is 19.8 Å². The second-order valence-electron chi connectivity index (χ2n) is 17.0. The first-order chi connectivity index (χ1) is 32.6. The summed E-state index contributed by atoms with van der Waals surface area (Å²) in [6, 6.07) is 0. The van der Waals surface area contributed by atoms with Gasteiger partial charge in [0.1, 0.15) is 6.61 Å². The molecule has 0 aliphatic heterocycles. The van der Waals surface area contributed by atoms with Crippen molar-refractivity contribution in [2.24, 2.45) is 0 Å². The lowest BCUT2D eigenvalue weighted by molar-refractivity contribution is -0.162. The average Bonchev–Trinajstić information content (AvgIpc) is 3.32. The van der Waals surface area contributed by atoms with Crippen molar-refractivity contribution in [3.63, 3.8) is 0 Å². The highest BCUT2D eigenvalue weighted by Crippen LogP contribution is 2.14. The Morgan fingerprint density at radius 1 is 0.348 bits per heavy atom. The molecule has 5 nitrogen and oxygen atoms in total. The van der Waals surface area contributed by atoms with Crippen LogP contribution in [-0.2, 0) is 23.8 Å². The number of unbranched alkanes of at least 4 members (excludes halogenated alkanes) is 14. The number of ether oxygens (including phenoxy) is 3. The van der Waals surface area contributed by atoms with Crippen LogP contribution in [0.3, 0.4) is 0 Å². The fourth-order valence-corrected chi connectivity index (χ4v) is 6.84. The minimum atomic E-state index is -0.614. The molecule has 0 heterocycles. The highest BCUT2D eigenvalue weighted by molar-refractivity contribution is 5.70. The van der Waals surface area contributed by atoms with Gasteiger partial charge >= 0.3 is 11.9 Å². The molecule has 66 heavy (non-hydrogen) atoms. The highest BCUT2D eigenvalue weighted by Gasteiger charge is 2.17. The zero-order valence-corrected chi connectivity index (χ0v) is 42.7. The van der Waals surface area contributed by atoms with Gasteiger partial charge in [0.15, 0.2) is 6.10 Å². The maximum absolute atomic E-state index is 12.8. The number of rotatable bonds is 47. The Kier molecular flexibility index (Phi) is 52.0. The van der Waals surface area contributed by atoms with Crippen molar-refractivity contribution in [1.29, 1.82) is 0 Å². The second-order valence-corrected chi connectivity index (χ2v) is 17.0. The monoisotopic (exact) mass is 911 g/mol. The molecule has 1 unspecified atom stereocenters. The molecule has 0 aromatic carbocycles. The van der Waals surface area contributed by atoms with Crippen molar-refractivity contribution in [3.05, 3.63) is 134 Å². The number of hydrogen-bond acceptors (Lipinski definition) is 5. The van der Waals surface area contributed by atoms with Crippen LogP contribution in [0.1, 0.15) is 213 Å².